The second-order valence-corrected chi connectivity index (χ2v) is 8.39. The van der Waals surface area contributed by atoms with Crippen LogP contribution in [0, 0.1) is 0 Å². The van der Waals surface area contributed by atoms with Crippen LogP contribution in [0.25, 0.3) is 0 Å². The zero-order valence-corrected chi connectivity index (χ0v) is 17.4. The van der Waals surface area contributed by atoms with E-state index in [1.54, 1.807) is 18.2 Å². The van der Waals surface area contributed by atoms with E-state index in [1.165, 1.54) is 0 Å². The average molecular weight is 420 g/mol. The van der Waals surface area contributed by atoms with Crippen molar-refractivity contribution < 1.29 is 19.2 Å². The van der Waals surface area contributed by atoms with Gasteiger partial charge in [0.1, 0.15) is 6.04 Å². The molecule has 0 bridgehead atoms. The summed E-state index contributed by atoms with van der Waals surface area (Å²) in [4.78, 5) is 50.8. The van der Waals surface area contributed by atoms with Gasteiger partial charge in [-0.15, -0.1) is 0 Å². The normalized spacial score (nSPS) is 18.9. The number of benzene rings is 2. The highest BCUT2D eigenvalue weighted by Gasteiger charge is 2.45. The van der Waals surface area contributed by atoms with Crippen LogP contribution in [0.3, 0.4) is 0 Å². The Hall–Kier alpha value is -3.52. The van der Waals surface area contributed by atoms with E-state index < -0.39 is 35.2 Å². The third-order valence-electron chi connectivity index (χ3n) is 5.88. The van der Waals surface area contributed by atoms with E-state index in [2.05, 4.69) is 10.6 Å². The molecule has 1 fully saturated rings. The summed E-state index contributed by atoms with van der Waals surface area (Å²) in [6, 6.07) is 11.7. The van der Waals surface area contributed by atoms with Gasteiger partial charge in [0, 0.05) is 24.2 Å². The van der Waals surface area contributed by atoms with Crippen molar-refractivity contribution in [3.05, 3.63) is 64.7 Å². The molecule has 0 radical (unpaired) electrons. The number of hydrogen-bond donors (Lipinski definition) is 3. The van der Waals surface area contributed by atoms with E-state index in [0.717, 1.165) is 10.5 Å². The van der Waals surface area contributed by atoms with Crippen molar-refractivity contribution in [1.82, 2.24) is 15.5 Å². The van der Waals surface area contributed by atoms with Crippen LogP contribution in [0.4, 0.5) is 5.69 Å². The number of piperidine rings is 1. The molecule has 8 heteroatoms. The van der Waals surface area contributed by atoms with Gasteiger partial charge >= 0.3 is 0 Å². The van der Waals surface area contributed by atoms with Gasteiger partial charge in [0.2, 0.25) is 11.8 Å². The molecule has 1 unspecified atom stereocenters. The number of amides is 4. The molecule has 1 atom stereocenters. The highest BCUT2D eigenvalue weighted by molar-refractivity contribution is 6.24. The number of imide groups is 2. The Bertz CT molecular complexity index is 1110. The number of nitrogen functional groups attached to an aromatic ring is 1. The largest absolute Gasteiger partial charge is 0.399 e. The van der Waals surface area contributed by atoms with Gasteiger partial charge in [-0.1, -0.05) is 24.3 Å². The minimum absolute atomic E-state index is 0.0899. The summed E-state index contributed by atoms with van der Waals surface area (Å²) in [6.45, 7) is 4.36. The molecule has 2 aliphatic rings. The van der Waals surface area contributed by atoms with Crippen LogP contribution in [0.5, 0.6) is 0 Å². The number of fused-ring (bicyclic) bond motifs is 1. The van der Waals surface area contributed by atoms with Crippen LogP contribution in [-0.4, -0.2) is 34.6 Å². The first-order valence-electron chi connectivity index (χ1n) is 10.1. The number of nitrogens with zero attached hydrogens (tertiary/aromatic N) is 1. The summed E-state index contributed by atoms with van der Waals surface area (Å²) < 4.78 is 0. The van der Waals surface area contributed by atoms with Crippen molar-refractivity contribution in [1.29, 1.82) is 0 Å². The summed E-state index contributed by atoms with van der Waals surface area (Å²) in [5.41, 5.74) is 8.37. The van der Waals surface area contributed by atoms with Crippen LogP contribution in [0.15, 0.2) is 42.5 Å². The molecule has 4 amide bonds. The number of rotatable bonds is 5. The molecule has 0 saturated carbocycles. The average Bonchev–Trinajstić information content (AvgIpc) is 2.98. The van der Waals surface area contributed by atoms with Gasteiger partial charge in [0.05, 0.1) is 11.1 Å². The third kappa shape index (κ3) is 3.70. The first-order chi connectivity index (χ1) is 14.7. The molecule has 1 saturated heterocycles. The number of nitrogens with two attached hydrogens (primary N) is 1. The van der Waals surface area contributed by atoms with Gasteiger partial charge in [0.15, 0.2) is 0 Å². The zero-order chi connectivity index (χ0) is 22.3. The topological polar surface area (TPSA) is 122 Å². The first kappa shape index (κ1) is 20.7. The van der Waals surface area contributed by atoms with E-state index in [4.69, 9.17) is 5.73 Å². The van der Waals surface area contributed by atoms with E-state index in [1.807, 2.05) is 38.1 Å². The molecule has 2 aliphatic heterocycles. The summed E-state index contributed by atoms with van der Waals surface area (Å²) in [7, 11) is 0. The molecule has 31 heavy (non-hydrogen) atoms. The maximum absolute atomic E-state index is 13.2. The lowest BCUT2D eigenvalue weighted by atomic mass is 9.93. The second kappa shape index (κ2) is 7.63. The van der Waals surface area contributed by atoms with Crippen molar-refractivity contribution in [2.75, 3.05) is 5.73 Å². The number of carbonyl (C=O) groups excluding carboxylic acids is 4. The van der Waals surface area contributed by atoms with Crippen LogP contribution in [0.2, 0.25) is 0 Å². The Morgan fingerprint density at radius 1 is 1.10 bits per heavy atom. The number of carbonyl (C=O) groups is 4. The lowest BCUT2D eigenvalue weighted by molar-refractivity contribution is -0.136. The van der Waals surface area contributed by atoms with Crippen LogP contribution >= 0.6 is 0 Å². The second-order valence-electron chi connectivity index (χ2n) is 8.39. The van der Waals surface area contributed by atoms with Gasteiger partial charge in [-0.25, -0.2) is 0 Å². The van der Waals surface area contributed by atoms with Crippen molar-refractivity contribution in [3.8, 4) is 0 Å². The van der Waals surface area contributed by atoms with Crippen molar-refractivity contribution in [3.63, 3.8) is 0 Å². The standard InChI is InChI=1S/C23H24N4O4/c1-23(2,14-6-4-7-15(24)11-14)25-12-13-5-3-8-16-19(13)22(31)27(21(16)30)17-9-10-18(28)26-20(17)29/h3-8,11,17,25H,9-10,12,24H2,1-2H3,(H,26,28,29). The molecule has 8 nitrogen and oxygen atoms in total. The van der Waals surface area contributed by atoms with Crippen molar-refractivity contribution in [2.45, 2.75) is 44.8 Å². The predicted molar refractivity (Wildman–Crippen MR) is 114 cm³/mol. The molecule has 0 aromatic heterocycles. The fraction of sp³-hybridized carbons (Fsp3) is 0.304. The van der Waals surface area contributed by atoms with Gasteiger partial charge in [-0.3, -0.25) is 29.4 Å². The SMILES string of the molecule is CC(C)(NCc1cccc2c1C(=O)N(C1CCC(=O)NC1=O)C2=O)c1cccc(N)c1. The fourth-order valence-electron chi connectivity index (χ4n) is 4.08. The van der Waals surface area contributed by atoms with Gasteiger partial charge in [0.25, 0.3) is 11.8 Å². The Balaban J connectivity index is 1.59. The molecule has 0 spiro atoms. The zero-order valence-electron chi connectivity index (χ0n) is 17.4. The predicted octanol–water partition coefficient (Wildman–Crippen LogP) is 1.69. The molecule has 160 valence electrons. The highest BCUT2D eigenvalue weighted by Crippen LogP contribution is 2.31. The molecule has 2 aromatic rings. The third-order valence-corrected chi connectivity index (χ3v) is 5.88. The van der Waals surface area contributed by atoms with Gasteiger partial charge in [-0.05, 0) is 49.6 Å². The molecule has 2 heterocycles. The smallest absolute Gasteiger partial charge is 0.262 e. The number of anilines is 1. The van der Waals surface area contributed by atoms with Gasteiger partial charge in [-0.2, -0.15) is 0 Å². The van der Waals surface area contributed by atoms with E-state index in [0.29, 0.717) is 23.4 Å². The lowest BCUT2D eigenvalue weighted by Crippen LogP contribution is -2.54. The molecular weight excluding hydrogens is 396 g/mol. The van der Waals surface area contributed by atoms with Crippen molar-refractivity contribution in [2.24, 2.45) is 0 Å². The van der Waals surface area contributed by atoms with E-state index >= 15 is 0 Å². The summed E-state index contributed by atoms with van der Waals surface area (Å²) in [5, 5.41) is 5.64. The minimum Gasteiger partial charge on any atom is -0.399 e. The first-order valence-corrected chi connectivity index (χ1v) is 10.1. The van der Waals surface area contributed by atoms with Crippen LogP contribution < -0.4 is 16.4 Å². The Morgan fingerprint density at radius 2 is 1.84 bits per heavy atom. The minimum atomic E-state index is -0.977. The molecule has 4 N–H and O–H groups in total. The van der Waals surface area contributed by atoms with Gasteiger partial charge < -0.3 is 11.1 Å². The number of hydrogen-bond acceptors (Lipinski definition) is 6. The monoisotopic (exact) mass is 420 g/mol. The van der Waals surface area contributed by atoms with E-state index in [9.17, 15) is 19.2 Å². The Morgan fingerprint density at radius 3 is 2.55 bits per heavy atom. The Labute approximate surface area is 179 Å². The maximum Gasteiger partial charge on any atom is 0.262 e. The quantitative estimate of drug-likeness (QED) is 0.500. The summed E-state index contributed by atoms with van der Waals surface area (Å²) in [5.74, 6) is -2.03. The van der Waals surface area contributed by atoms with Crippen molar-refractivity contribution >= 4 is 29.3 Å². The van der Waals surface area contributed by atoms with E-state index in [-0.39, 0.29) is 18.4 Å². The summed E-state index contributed by atoms with van der Waals surface area (Å²) >= 11 is 0. The molecule has 4 rings (SSSR count). The highest BCUT2D eigenvalue weighted by atomic mass is 16.2. The molecule has 0 aliphatic carbocycles. The summed E-state index contributed by atoms with van der Waals surface area (Å²) in [6.07, 6.45) is 0.221. The van der Waals surface area contributed by atoms with Crippen LogP contribution in [-0.2, 0) is 21.7 Å². The molecule has 2 aromatic carbocycles. The maximum atomic E-state index is 13.2. The van der Waals surface area contributed by atoms with Crippen LogP contribution in [0.1, 0.15) is 58.5 Å². The lowest BCUT2D eigenvalue weighted by Gasteiger charge is -2.28. The fourth-order valence-corrected chi connectivity index (χ4v) is 4.08. The Kier molecular flexibility index (Phi) is 5.10. The molecular formula is C23H24N4O4. The number of nitrogens with one attached hydrogen (secondary N) is 2.